The zero-order chi connectivity index (χ0) is 28.0. The summed E-state index contributed by atoms with van der Waals surface area (Å²) in [6, 6.07) is 8.88. The van der Waals surface area contributed by atoms with Gasteiger partial charge in [0.2, 0.25) is 0 Å². The molecule has 212 valence electrons. The molecule has 2 aliphatic rings. The fourth-order valence-corrected chi connectivity index (χ4v) is 5.43. The number of nitrogens with zero attached hydrogens (tertiary/aromatic N) is 3. The van der Waals surface area contributed by atoms with E-state index in [1.165, 1.54) is 23.3 Å². The summed E-state index contributed by atoms with van der Waals surface area (Å²) in [5.74, 6) is 0.716. The minimum Gasteiger partial charge on any atom is -0.493 e. The van der Waals surface area contributed by atoms with Gasteiger partial charge in [0.15, 0.2) is 0 Å². The Labute approximate surface area is 230 Å². The van der Waals surface area contributed by atoms with Crippen molar-refractivity contribution in [3.8, 4) is 5.75 Å². The van der Waals surface area contributed by atoms with Crippen LogP contribution in [0, 0.1) is 13.8 Å². The molecule has 0 saturated carbocycles. The van der Waals surface area contributed by atoms with Crippen molar-refractivity contribution >= 4 is 5.91 Å². The summed E-state index contributed by atoms with van der Waals surface area (Å²) in [6.07, 6.45) is 3.41. The monoisotopic (exact) mass is 543 g/mol. The van der Waals surface area contributed by atoms with Crippen LogP contribution in [0.3, 0.4) is 0 Å². The van der Waals surface area contributed by atoms with Gasteiger partial charge in [-0.1, -0.05) is 18.2 Å². The zero-order valence-corrected chi connectivity index (χ0v) is 23.3. The second-order valence-corrected chi connectivity index (χ2v) is 10.6. The number of hydrogen-bond acceptors (Lipinski definition) is 4. The molecule has 8 heteroatoms. The smallest absolute Gasteiger partial charge is 0.416 e. The first-order valence-electron chi connectivity index (χ1n) is 14.0. The largest absolute Gasteiger partial charge is 0.493 e. The van der Waals surface area contributed by atoms with E-state index in [1.807, 2.05) is 0 Å². The standard InChI is InChI=1S/C31H40F3N3O2/c1-23-24(2)29(39-22-8-7-17-35-15-5-4-6-16-35)14-13-28(23)25(3)36-18-20-37(21-19-36)30(38)26-9-11-27(12-10-26)31(32,33)34/h4-5,9-14,25H,6-8,15-22H2,1-3H3. The van der Waals surface area contributed by atoms with E-state index >= 15 is 0 Å². The van der Waals surface area contributed by atoms with Crippen molar-refractivity contribution in [2.24, 2.45) is 0 Å². The van der Waals surface area contributed by atoms with E-state index in [1.54, 1.807) is 4.90 Å². The van der Waals surface area contributed by atoms with Crippen molar-refractivity contribution in [1.82, 2.24) is 14.7 Å². The third-order valence-corrected chi connectivity index (χ3v) is 8.11. The van der Waals surface area contributed by atoms with Gasteiger partial charge in [0.25, 0.3) is 5.91 Å². The Balaban J connectivity index is 1.26. The van der Waals surface area contributed by atoms with Crippen LogP contribution < -0.4 is 4.74 Å². The van der Waals surface area contributed by atoms with E-state index < -0.39 is 11.7 Å². The summed E-state index contributed by atoms with van der Waals surface area (Å²) in [4.78, 5) is 19.4. The van der Waals surface area contributed by atoms with E-state index in [9.17, 15) is 18.0 Å². The quantitative estimate of drug-likeness (QED) is 0.276. The van der Waals surface area contributed by atoms with Gasteiger partial charge in [-0.25, -0.2) is 0 Å². The Morgan fingerprint density at radius 3 is 2.28 bits per heavy atom. The van der Waals surface area contributed by atoms with Gasteiger partial charge in [-0.15, -0.1) is 0 Å². The third-order valence-electron chi connectivity index (χ3n) is 8.11. The fourth-order valence-electron chi connectivity index (χ4n) is 5.43. The molecular formula is C31H40F3N3O2. The van der Waals surface area contributed by atoms with E-state index in [-0.39, 0.29) is 17.5 Å². The number of amides is 1. The first-order chi connectivity index (χ1) is 18.6. The van der Waals surface area contributed by atoms with Crippen molar-refractivity contribution < 1.29 is 22.7 Å². The molecule has 0 bridgehead atoms. The molecule has 2 aromatic rings. The first-order valence-corrected chi connectivity index (χ1v) is 14.0. The van der Waals surface area contributed by atoms with Crippen LogP contribution in [0.1, 0.15) is 64.8 Å². The highest BCUT2D eigenvalue weighted by Gasteiger charge is 2.31. The second-order valence-electron chi connectivity index (χ2n) is 10.6. The summed E-state index contributed by atoms with van der Waals surface area (Å²) in [7, 11) is 0. The SMILES string of the molecule is Cc1c(OCCCCN2CC=CCC2)ccc(C(C)N2CCN(C(=O)c3ccc(C(F)(F)F)cc3)CC2)c1C. The molecule has 0 N–H and O–H groups in total. The molecule has 2 heterocycles. The lowest BCUT2D eigenvalue weighted by atomic mass is 9.96. The van der Waals surface area contributed by atoms with Crippen LogP contribution >= 0.6 is 0 Å². The Kier molecular flexibility index (Phi) is 9.72. The summed E-state index contributed by atoms with van der Waals surface area (Å²) in [6.45, 7) is 13.0. The molecule has 4 rings (SSSR count). The van der Waals surface area contributed by atoms with Crippen molar-refractivity contribution in [2.45, 2.75) is 52.3 Å². The Bertz CT molecular complexity index is 1140. The van der Waals surface area contributed by atoms with Crippen LogP contribution in [0.4, 0.5) is 13.2 Å². The number of benzene rings is 2. The van der Waals surface area contributed by atoms with Crippen molar-refractivity contribution in [2.75, 3.05) is 52.4 Å². The van der Waals surface area contributed by atoms with E-state index in [2.05, 4.69) is 54.9 Å². The van der Waals surface area contributed by atoms with Crippen LogP contribution in [0.5, 0.6) is 5.75 Å². The van der Waals surface area contributed by atoms with Crippen LogP contribution in [-0.2, 0) is 6.18 Å². The average Bonchev–Trinajstić information content (AvgIpc) is 2.94. The lowest BCUT2D eigenvalue weighted by molar-refractivity contribution is -0.137. The number of unbranched alkanes of at least 4 members (excludes halogenated alkanes) is 1. The summed E-state index contributed by atoms with van der Waals surface area (Å²) in [5, 5.41) is 0. The molecule has 0 aliphatic carbocycles. The fraction of sp³-hybridized carbons (Fsp3) is 0.516. The molecule has 1 amide bonds. The number of ether oxygens (including phenoxy) is 1. The molecule has 1 unspecified atom stereocenters. The van der Waals surface area contributed by atoms with Crippen LogP contribution in [0.25, 0.3) is 0 Å². The maximum atomic E-state index is 12.9. The molecule has 0 spiro atoms. The van der Waals surface area contributed by atoms with Gasteiger partial charge in [-0.2, -0.15) is 13.2 Å². The van der Waals surface area contributed by atoms with E-state index in [4.69, 9.17) is 4.74 Å². The van der Waals surface area contributed by atoms with E-state index in [0.29, 0.717) is 32.8 Å². The Morgan fingerprint density at radius 2 is 1.64 bits per heavy atom. The zero-order valence-electron chi connectivity index (χ0n) is 23.3. The van der Waals surface area contributed by atoms with Crippen LogP contribution in [-0.4, -0.2) is 73.0 Å². The van der Waals surface area contributed by atoms with Gasteiger partial charge in [-0.3, -0.25) is 14.6 Å². The van der Waals surface area contributed by atoms with E-state index in [0.717, 1.165) is 62.3 Å². The molecule has 2 aromatic carbocycles. The lowest BCUT2D eigenvalue weighted by Gasteiger charge is -2.39. The molecule has 1 fully saturated rings. The van der Waals surface area contributed by atoms with Gasteiger partial charge in [-0.05, 0) is 93.6 Å². The molecule has 2 aliphatic heterocycles. The van der Waals surface area contributed by atoms with Gasteiger partial charge in [0, 0.05) is 50.9 Å². The summed E-state index contributed by atoms with van der Waals surface area (Å²) < 4.78 is 44.7. The third kappa shape index (κ3) is 7.42. The van der Waals surface area contributed by atoms with Gasteiger partial charge >= 0.3 is 6.18 Å². The number of rotatable bonds is 9. The topological polar surface area (TPSA) is 36.0 Å². The second kappa shape index (κ2) is 13.0. The van der Waals surface area contributed by atoms with Crippen LogP contribution in [0.2, 0.25) is 0 Å². The van der Waals surface area contributed by atoms with Crippen molar-refractivity contribution in [1.29, 1.82) is 0 Å². The number of halogens is 3. The molecular weight excluding hydrogens is 503 g/mol. The van der Waals surface area contributed by atoms with Gasteiger partial charge in [0.05, 0.1) is 12.2 Å². The first kappa shape index (κ1) is 29.2. The number of alkyl halides is 3. The Hall–Kier alpha value is -2.84. The van der Waals surface area contributed by atoms with Gasteiger partial charge < -0.3 is 9.64 Å². The summed E-state index contributed by atoms with van der Waals surface area (Å²) in [5.41, 5.74) is 3.18. The van der Waals surface area contributed by atoms with Crippen molar-refractivity contribution in [3.63, 3.8) is 0 Å². The number of carbonyl (C=O) groups excluding carboxylic acids is 1. The molecule has 5 nitrogen and oxygen atoms in total. The normalized spacial score (nSPS) is 17.8. The average molecular weight is 544 g/mol. The maximum Gasteiger partial charge on any atom is 0.416 e. The van der Waals surface area contributed by atoms with Crippen molar-refractivity contribution in [3.05, 3.63) is 76.4 Å². The predicted octanol–water partition coefficient (Wildman–Crippen LogP) is 6.26. The number of carbonyl (C=O) groups is 1. The molecule has 1 saturated heterocycles. The number of hydrogen-bond donors (Lipinski definition) is 0. The highest BCUT2D eigenvalue weighted by molar-refractivity contribution is 5.94. The minimum absolute atomic E-state index is 0.180. The highest BCUT2D eigenvalue weighted by atomic mass is 19.4. The number of piperazine rings is 1. The maximum absolute atomic E-state index is 12.9. The molecule has 39 heavy (non-hydrogen) atoms. The Morgan fingerprint density at radius 1 is 0.923 bits per heavy atom. The molecule has 0 radical (unpaired) electrons. The van der Waals surface area contributed by atoms with Gasteiger partial charge in [0.1, 0.15) is 5.75 Å². The van der Waals surface area contributed by atoms with Crippen LogP contribution in [0.15, 0.2) is 48.6 Å². The minimum atomic E-state index is -4.41. The molecule has 0 aromatic heterocycles. The molecule has 1 atom stereocenters. The lowest BCUT2D eigenvalue weighted by Crippen LogP contribution is -2.49. The highest BCUT2D eigenvalue weighted by Crippen LogP contribution is 2.32. The summed E-state index contributed by atoms with van der Waals surface area (Å²) >= 11 is 0. The predicted molar refractivity (Wildman–Crippen MR) is 148 cm³/mol.